The molecule has 7 nitrogen and oxygen atoms in total. The highest BCUT2D eigenvalue weighted by Gasteiger charge is 2.31. The Labute approximate surface area is 111 Å². The van der Waals surface area contributed by atoms with Crippen molar-refractivity contribution in [3.8, 4) is 0 Å². The fraction of sp³-hybridized carbons (Fsp3) is 0.750. The molecule has 3 rings (SSSR count). The maximum atomic E-state index is 11.9. The van der Waals surface area contributed by atoms with E-state index < -0.39 is 0 Å². The topological polar surface area (TPSA) is 91.5 Å². The van der Waals surface area contributed by atoms with Gasteiger partial charge in [0.1, 0.15) is 0 Å². The summed E-state index contributed by atoms with van der Waals surface area (Å²) in [6, 6.07) is 0.606. The second-order valence-corrected chi connectivity index (χ2v) is 5.19. The molecule has 2 saturated carbocycles. The molecule has 2 N–H and O–H groups in total. The van der Waals surface area contributed by atoms with E-state index in [2.05, 4.69) is 15.5 Å². The first kappa shape index (κ1) is 12.6. The first-order valence-corrected chi connectivity index (χ1v) is 6.74. The van der Waals surface area contributed by atoms with Crippen LogP contribution in [0.1, 0.15) is 37.5 Å². The number of aliphatic hydroxyl groups is 1. The second-order valence-electron chi connectivity index (χ2n) is 5.19. The zero-order valence-electron chi connectivity index (χ0n) is 10.7. The minimum absolute atomic E-state index is 0.0656. The minimum atomic E-state index is -0.175. The monoisotopic (exact) mass is 266 g/mol. The third-order valence-electron chi connectivity index (χ3n) is 3.41. The lowest BCUT2D eigenvalue weighted by molar-refractivity contribution is -0.117. The first-order valence-electron chi connectivity index (χ1n) is 6.74. The number of nitrogens with one attached hydrogen (secondary N) is 1. The molecule has 2 fully saturated rings. The molecule has 104 valence electrons. The van der Waals surface area contributed by atoms with E-state index in [1.807, 2.05) is 4.90 Å². The number of hydrogen-bond donors (Lipinski definition) is 2. The van der Waals surface area contributed by atoms with Crippen molar-refractivity contribution in [2.24, 2.45) is 0 Å². The summed E-state index contributed by atoms with van der Waals surface area (Å²) in [5.41, 5.74) is 0. The Kier molecular flexibility index (Phi) is 3.48. The van der Waals surface area contributed by atoms with E-state index in [-0.39, 0.29) is 25.1 Å². The van der Waals surface area contributed by atoms with Gasteiger partial charge in [-0.2, -0.15) is 0 Å². The van der Waals surface area contributed by atoms with Crippen molar-refractivity contribution in [1.82, 2.24) is 15.1 Å². The van der Waals surface area contributed by atoms with Crippen molar-refractivity contribution in [3.63, 3.8) is 0 Å². The molecule has 1 aromatic heterocycles. The summed E-state index contributed by atoms with van der Waals surface area (Å²) in [6.45, 7) is 0.845. The summed E-state index contributed by atoms with van der Waals surface area (Å²) in [7, 11) is 0. The number of nitrogens with zero attached hydrogens (tertiary/aromatic N) is 3. The van der Waals surface area contributed by atoms with E-state index in [4.69, 9.17) is 9.52 Å². The fourth-order valence-electron chi connectivity index (χ4n) is 2.08. The Morgan fingerprint density at radius 2 is 2.16 bits per heavy atom. The third kappa shape index (κ3) is 3.30. The van der Waals surface area contributed by atoms with Gasteiger partial charge in [0.25, 0.3) is 0 Å². The summed E-state index contributed by atoms with van der Waals surface area (Å²) in [6.07, 6.45) is 4.36. The predicted molar refractivity (Wildman–Crippen MR) is 66.6 cm³/mol. The highest BCUT2D eigenvalue weighted by Crippen LogP contribution is 2.39. The Morgan fingerprint density at radius 1 is 1.37 bits per heavy atom. The summed E-state index contributed by atoms with van der Waals surface area (Å²) in [5, 5.41) is 19.3. The highest BCUT2D eigenvalue weighted by atomic mass is 16.4. The normalized spacial score (nSPS) is 18.8. The van der Waals surface area contributed by atoms with E-state index in [0.29, 0.717) is 24.4 Å². The van der Waals surface area contributed by atoms with E-state index >= 15 is 0 Å². The minimum Gasteiger partial charge on any atom is -0.408 e. The van der Waals surface area contributed by atoms with E-state index in [0.717, 1.165) is 25.7 Å². The molecule has 0 saturated heterocycles. The van der Waals surface area contributed by atoms with Gasteiger partial charge in [0.2, 0.25) is 11.8 Å². The molecule has 0 aliphatic heterocycles. The molecule has 2 aliphatic rings. The Morgan fingerprint density at radius 3 is 2.79 bits per heavy atom. The van der Waals surface area contributed by atoms with Gasteiger partial charge in [0.15, 0.2) is 0 Å². The lowest BCUT2D eigenvalue weighted by Crippen LogP contribution is -2.36. The van der Waals surface area contributed by atoms with Crippen LogP contribution in [0, 0.1) is 0 Å². The zero-order valence-corrected chi connectivity index (χ0v) is 10.7. The van der Waals surface area contributed by atoms with Crippen LogP contribution >= 0.6 is 0 Å². The van der Waals surface area contributed by atoms with Gasteiger partial charge >= 0.3 is 6.01 Å². The molecule has 0 bridgehead atoms. The van der Waals surface area contributed by atoms with Gasteiger partial charge in [-0.15, -0.1) is 5.10 Å². The number of amides is 1. The molecule has 2 aliphatic carbocycles. The summed E-state index contributed by atoms with van der Waals surface area (Å²) >= 11 is 0. The summed E-state index contributed by atoms with van der Waals surface area (Å²) in [4.78, 5) is 13.8. The van der Waals surface area contributed by atoms with Crippen LogP contribution in [0.3, 0.4) is 0 Å². The Hall–Kier alpha value is -1.47. The molecule has 0 atom stereocenters. The van der Waals surface area contributed by atoms with Crippen molar-refractivity contribution >= 4 is 11.9 Å². The van der Waals surface area contributed by atoms with Crippen LogP contribution in [-0.4, -0.2) is 51.8 Å². The van der Waals surface area contributed by atoms with Crippen LogP contribution in [-0.2, 0) is 4.79 Å². The van der Waals surface area contributed by atoms with Gasteiger partial charge in [-0.3, -0.25) is 15.0 Å². The maximum absolute atomic E-state index is 11.9. The van der Waals surface area contributed by atoms with Crippen LogP contribution in [0.2, 0.25) is 0 Å². The van der Waals surface area contributed by atoms with Crippen molar-refractivity contribution < 1.29 is 14.3 Å². The molecule has 0 radical (unpaired) electrons. The Balaban J connectivity index is 1.51. The van der Waals surface area contributed by atoms with Crippen molar-refractivity contribution in [2.75, 3.05) is 25.0 Å². The van der Waals surface area contributed by atoms with Crippen LogP contribution in [0.5, 0.6) is 0 Å². The van der Waals surface area contributed by atoms with Crippen molar-refractivity contribution in [1.29, 1.82) is 0 Å². The van der Waals surface area contributed by atoms with Gasteiger partial charge < -0.3 is 9.52 Å². The highest BCUT2D eigenvalue weighted by molar-refractivity contribution is 5.90. The van der Waals surface area contributed by atoms with E-state index in [9.17, 15) is 4.79 Å². The molecule has 19 heavy (non-hydrogen) atoms. The molecule has 1 aromatic rings. The van der Waals surface area contributed by atoms with Gasteiger partial charge in [0, 0.05) is 18.5 Å². The predicted octanol–water partition coefficient (Wildman–Crippen LogP) is 0.342. The Bertz CT molecular complexity index is 454. The van der Waals surface area contributed by atoms with Crippen molar-refractivity contribution in [2.45, 2.75) is 37.6 Å². The average molecular weight is 266 g/mol. The molecule has 1 amide bonds. The molecular weight excluding hydrogens is 248 g/mol. The number of carbonyl (C=O) groups is 1. The second kappa shape index (κ2) is 5.26. The van der Waals surface area contributed by atoms with Gasteiger partial charge in [-0.05, 0) is 25.7 Å². The summed E-state index contributed by atoms with van der Waals surface area (Å²) < 4.78 is 5.37. The van der Waals surface area contributed by atoms with E-state index in [1.165, 1.54) is 0 Å². The van der Waals surface area contributed by atoms with Crippen LogP contribution < -0.4 is 5.32 Å². The molecular formula is C12H18N4O3. The number of hydrogen-bond acceptors (Lipinski definition) is 6. The fourth-order valence-corrected chi connectivity index (χ4v) is 2.08. The standard InChI is InChI=1S/C12H18N4O3/c17-6-5-16(9-3-4-9)7-10(18)13-12-15-14-11(19-12)8-1-2-8/h8-9,17H,1-7H2,(H,13,15,18). The lowest BCUT2D eigenvalue weighted by atomic mass is 10.4. The van der Waals surface area contributed by atoms with Crippen LogP contribution in [0.15, 0.2) is 4.42 Å². The molecule has 1 heterocycles. The van der Waals surface area contributed by atoms with Gasteiger partial charge in [0.05, 0.1) is 13.2 Å². The number of rotatable bonds is 7. The lowest BCUT2D eigenvalue weighted by Gasteiger charge is -2.19. The zero-order chi connectivity index (χ0) is 13.2. The largest absolute Gasteiger partial charge is 0.408 e. The molecule has 0 unspecified atom stereocenters. The summed E-state index contributed by atoms with van der Waals surface area (Å²) in [5.74, 6) is 0.826. The maximum Gasteiger partial charge on any atom is 0.322 e. The number of anilines is 1. The number of carbonyl (C=O) groups excluding carboxylic acids is 1. The van der Waals surface area contributed by atoms with E-state index in [1.54, 1.807) is 0 Å². The van der Waals surface area contributed by atoms with Gasteiger partial charge in [-0.25, -0.2) is 0 Å². The molecule has 0 spiro atoms. The molecule has 7 heteroatoms. The third-order valence-corrected chi connectivity index (χ3v) is 3.41. The van der Waals surface area contributed by atoms with Crippen LogP contribution in [0.25, 0.3) is 0 Å². The first-order chi connectivity index (χ1) is 9.26. The number of aliphatic hydroxyl groups excluding tert-OH is 1. The number of aromatic nitrogens is 2. The average Bonchev–Trinajstić information content (AvgIpc) is 3.28. The quantitative estimate of drug-likeness (QED) is 0.739. The molecule has 0 aromatic carbocycles. The van der Waals surface area contributed by atoms with Crippen molar-refractivity contribution in [3.05, 3.63) is 5.89 Å². The smallest absolute Gasteiger partial charge is 0.322 e. The SMILES string of the molecule is O=C(CN(CCO)C1CC1)Nc1nnc(C2CC2)o1. The van der Waals surface area contributed by atoms with Crippen LogP contribution in [0.4, 0.5) is 6.01 Å². The van der Waals surface area contributed by atoms with Gasteiger partial charge in [-0.1, -0.05) is 5.10 Å².